The summed E-state index contributed by atoms with van der Waals surface area (Å²) in [6, 6.07) is 7.18. The van der Waals surface area contributed by atoms with Crippen LogP contribution >= 0.6 is 11.6 Å². The monoisotopic (exact) mass is 279 g/mol. The van der Waals surface area contributed by atoms with E-state index in [1.54, 1.807) is 12.1 Å². The summed E-state index contributed by atoms with van der Waals surface area (Å²) in [5.74, 6) is -0.467. The van der Waals surface area contributed by atoms with E-state index >= 15 is 0 Å². The lowest BCUT2D eigenvalue weighted by Gasteiger charge is -2.20. The molecule has 0 atom stereocenters. The summed E-state index contributed by atoms with van der Waals surface area (Å²) in [4.78, 5) is 17.1. The molecule has 0 aliphatic carbocycles. The number of benzene rings is 1. The number of halogens is 2. The van der Waals surface area contributed by atoms with Crippen LogP contribution in [0.3, 0.4) is 0 Å². The van der Waals surface area contributed by atoms with Gasteiger partial charge in [-0.15, -0.1) is 0 Å². The molecule has 0 aliphatic rings. The topological polar surface area (TPSA) is 59.2 Å². The molecule has 6 heteroatoms. The lowest BCUT2D eigenvalue weighted by Crippen LogP contribution is -2.23. The van der Waals surface area contributed by atoms with E-state index in [1.807, 2.05) is 0 Å². The Balaban J connectivity index is 2.51. The highest BCUT2D eigenvalue weighted by atomic mass is 35.5. The number of rotatable bonds is 2. The van der Waals surface area contributed by atoms with Gasteiger partial charge in [0.2, 0.25) is 5.91 Å². The van der Waals surface area contributed by atoms with Gasteiger partial charge in [0.25, 0.3) is 0 Å². The molecule has 0 saturated carbocycles. The summed E-state index contributed by atoms with van der Waals surface area (Å²) in [7, 11) is 0. The second-order valence-electron chi connectivity index (χ2n) is 3.90. The number of carbonyl (C=O) groups excluding carboxylic acids is 1. The Morgan fingerprint density at radius 3 is 2.68 bits per heavy atom. The van der Waals surface area contributed by atoms with Crippen molar-refractivity contribution in [2.45, 2.75) is 6.92 Å². The third kappa shape index (κ3) is 2.82. The average Bonchev–Trinajstić information content (AvgIpc) is 2.33. The van der Waals surface area contributed by atoms with Crippen molar-refractivity contribution in [3.63, 3.8) is 0 Å². The van der Waals surface area contributed by atoms with Crippen molar-refractivity contribution in [1.29, 1.82) is 0 Å². The third-order valence-electron chi connectivity index (χ3n) is 2.47. The van der Waals surface area contributed by atoms with Gasteiger partial charge in [0.15, 0.2) is 0 Å². The van der Waals surface area contributed by atoms with Gasteiger partial charge < -0.3 is 5.73 Å². The molecule has 0 saturated heterocycles. The summed E-state index contributed by atoms with van der Waals surface area (Å²) in [5.41, 5.74) is 6.57. The molecule has 0 fully saturated rings. The van der Waals surface area contributed by atoms with Crippen molar-refractivity contribution in [2.75, 3.05) is 10.6 Å². The molecule has 0 bridgehead atoms. The van der Waals surface area contributed by atoms with E-state index in [0.29, 0.717) is 17.2 Å². The minimum Gasteiger partial charge on any atom is -0.399 e. The van der Waals surface area contributed by atoms with Crippen molar-refractivity contribution >= 4 is 34.7 Å². The zero-order chi connectivity index (χ0) is 14.0. The van der Waals surface area contributed by atoms with Crippen molar-refractivity contribution in [1.82, 2.24) is 4.98 Å². The summed E-state index contributed by atoms with van der Waals surface area (Å²) in [6.45, 7) is 1.38. The Bertz CT molecular complexity index is 633. The van der Waals surface area contributed by atoms with Crippen LogP contribution in [0.4, 0.5) is 21.6 Å². The summed E-state index contributed by atoms with van der Waals surface area (Å²) in [5, 5.41) is -0.0624. The first kappa shape index (κ1) is 13.3. The molecule has 4 nitrogen and oxygen atoms in total. The van der Waals surface area contributed by atoms with Gasteiger partial charge in [-0.05, 0) is 24.3 Å². The standard InChI is InChI=1S/C13H11ClFN3O/c1-8(19)18(13-6-9(16)4-5-17-13)10-2-3-12(15)11(14)7-10/h2-7H,1H3,(H2,16,17). The lowest BCUT2D eigenvalue weighted by atomic mass is 10.2. The first-order valence-electron chi connectivity index (χ1n) is 5.46. The van der Waals surface area contributed by atoms with Crippen molar-refractivity contribution in [3.05, 3.63) is 47.4 Å². The Morgan fingerprint density at radius 1 is 1.37 bits per heavy atom. The average molecular weight is 280 g/mol. The maximum absolute atomic E-state index is 13.2. The van der Waals surface area contributed by atoms with Gasteiger partial charge in [0.05, 0.1) is 10.7 Å². The maximum Gasteiger partial charge on any atom is 0.229 e. The van der Waals surface area contributed by atoms with Crippen LogP contribution < -0.4 is 10.6 Å². The molecule has 1 amide bonds. The molecule has 0 unspecified atom stereocenters. The SMILES string of the molecule is CC(=O)N(c1ccc(F)c(Cl)c1)c1cc(N)ccn1. The van der Waals surface area contributed by atoms with E-state index in [1.165, 1.54) is 36.2 Å². The van der Waals surface area contributed by atoms with Gasteiger partial charge >= 0.3 is 0 Å². The van der Waals surface area contributed by atoms with Gasteiger partial charge in [-0.2, -0.15) is 0 Å². The van der Waals surface area contributed by atoms with Crippen LogP contribution in [0.5, 0.6) is 0 Å². The summed E-state index contributed by atoms with van der Waals surface area (Å²) in [6.07, 6.45) is 1.49. The number of hydrogen-bond acceptors (Lipinski definition) is 3. The van der Waals surface area contributed by atoms with Crippen LogP contribution in [0.15, 0.2) is 36.5 Å². The van der Waals surface area contributed by atoms with Crippen molar-refractivity contribution < 1.29 is 9.18 Å². The quantitative estimate of drug-likeness (QED) is 0.919. The number of aromatic nitrogens is 1. The third-order valence-corrected chi connectivity index (χ3v) is 2.76. The number of hydrogen-bond donors (Lipinski definition) is 1. The van der Waals surface area contributed by atoms with Crippen molar-refractivity contribution in [3.8, 4) is 0 Å². The van der Waals surface area contributed by atoms with E-state index in [9.17, 15) is 9.18 Å². The van der Waals surface area contributed by atoms with Gasteiger partial charge in [0.1, 0.15) is 11.6 Å². The molecule has 0 aliphatic heterocycles. The smallest absolute Gasteiger partial charge is 0.229 e. The Labute approximate surface area is 114 Å². The largest absolute Gasteiger partial charge is 0.399 e. The number of nitrogens with two attached hydrogens (primary N) is 1. The molecule has 1 heterocycles. The molecule has 0 radical (unpaired) electrons. The molecule has 19 heavy (non-hydrogen) atoms. The van der Waals surface area contributed by atoms with Gasteiger partial charge in [-0.25, -0.2) is 9.37 Å². The Kier molecular flexibility index (Phi) is 3.66. The predicted octanol–water partition coefficient (Wildman–Crippen LogP) is 3.14. The second-order valence-corrected chi connectivity index (χ2v) is 4.31. The zero-order valence-corrected chi connectivity index (χ0v) is 10.9. The Morgan fingerprint density at radius 2 is 2.11 bits per heavy atom. The van der Waals surface area contributed by atoms with E-state index in [2.05, 4.69) is 4.98 Å². The number of nitrogens with zero attached hydrogens (tertiary/aromatic N) is 2. The molecule has 1 aromatic carbocycles. The number of anilines is 3. The molecule has 98 valence electrons. The van der Waals surface area contributed by atoms with Crippen LogP contribution in [-0.2, 0) is 4.79 Å². The second kappa shape index (κ2) is 5.24. The summed E-state index contributed by atoms with van der Waals surface area (Å²) >= 11 is 5.72. The van der Waals surface area contributed by atoms with Gasteiger partial charge in [-0.1, -0.05) is 11.6 Å². The number of carbonyl (C=O) groups is 1. The first-order chi connectivity index (χ1) is 8.99. The van der Waals surface area contributed by atoms with Crippen LogP contribution in [0.2, 0.25) is 5.02 Å². The fraction of sp³-hybridized carbons (Fsp3) is 0.0769. The minimum atomic E-state index is -0.547. The van der Waals surface area contributed by atoms with Crippen LogP contribution in [0.1, 0.15) is 6.92 Å². The van der Waals surface area contributed by atoms with Crippen LogP contribution in [-0.4, -0.2) is 10.9 Å². The van der Waals surface area contributed by atoms with E-state index in [4.69, 9.17) is 17.3 Å². The Hall–Kier alpha value is -2.14. The van der Waals surface area contributed by atoms with E-state index < -0.39 is 5.82 Å². The predicted molar refractivity (Wildman–Crippen MR) is 72.9 cm³/mol. The lowest BCUT2D eigenvalue weighted by molar-refractivity contribution is -0.115. The van der Waals surface area contributed by atoms with E-state index in [0.717, 1.165) is 0 Å². The number of pyridine rings is 1. The maximum atomic E-state index is 13.2. The number of amides is 1. The zero-order valence-electron chi connectivity index (χ0n) is 10.1. The van der Waals surface area contributed by atoms with Crippen molar-refractivity contribution in [2.24, 2.45) is 0 Å². The summed E-state index contributed by atoms with van der Waals surface area (Å²) < 4.78 is 13.2. The van der Waals surface area contributed by atoms with Gasteiger partial charge in [0, 0.05) is 24.9 Å². The highest BCUT2D eigenvalue weighted by Crippen LogP contribution is 2.28. The fourth-order valence-electron chi connectivity index (χ4n) is 1.66. The molecular weight excluding hydrogens is 269 g/mol. The molecule has 2 aromatic rings. The van der Waals surface area contributed by atoms with E-state index in [-0.39, 0.29) is 10.9 Å². The highest BCUT2D eigenvalue weighted by molar-refractivity contribution is 6.31. The number of nitrogen functional groups attached to an aromatic ring is 1. The molecule has 1 aromatic heterocycles. The van der Waals surface area contributed by atoms with Gasteiger partial charge in [-0.3, -0.25) is 9.69 Å². The molecule has 0 spiro atoms. The minimum absolute atomic E-state index is 0.0624. The molecule has 2 N–H and O–H groups in total. The normalized spacial score (nSPS) is 10.3. The fourth-order valence-corrected chi connectivity index (χ4v) is 1.83. The highest BCUT2D eigenvalue weighted by Gasteiger charge is 2.16. The molecule has 2 rings (SSSR count). The molecular formula is C13H11ClFN3O. The van der Waals surface area contributed by atoms with Crippen LogP contribution in [0.25, 0.3) is 0 Å². The first-order valence-corrected chi connectivity index (χ1v) is 5.84. The van der Waals surface area contributed by atoms with Crippen LogP contribution in [0, 0.1) is 5.82 Å².